The number of hydrogen-bond acceptors (Lipinski definition) is 5. The first-order valence-electron chi connectivity index (χ1n) is 9.02. The van der Waals surface area contributed by atoms with Crippen molar-refractivity contribution < 1.29 is 9.59 Å². The molecule has 0 aliphatic carbocycles. The summed E-state index contributed by atoms with van der Waals surface area (Å²) in [6.45, 7) is 2.84. The normalized spacial score (nSPS) is 19.0. The van der Waals surface area contributed by atoms with Gasteiger partial charge in [0.2, 0.25) is 5.91 Å². The molecule has 3 rings (SSSR count). The van der Waals surface area contributed by atoms with Crippen LogP contribution in [0, 0.1) is 6.92 Å². The predicted octanol–water partition coefficient (Wildman–Crippen LogP) is 1.29. The van der Waals surface area contributed by atoms with Crippen LogP contribution in [0.3, 0.4) is 0 Å². The van der Waals surface area contributed by atoms with Crippen LogP contribution in [0.15, 0.2) is 42.6 Å². The topological polar surface area (TPSA) is 100 Å². The molecule has 2 atom stereocenters. The van der Waals surface area contributed by atoms with Crippen LogP contribution in [0.1, 0.15) is 28.0 Å². The van der Waals surface area contributed by atoms with Gasteiger partial charge in [-0.3, -0.25) is 14.6 Å². The minimum atomic E-state index is -0.526. The Hall–Kier alpha value is -2.93. The summed E-state index contributed by atoms with van der Waals surface area (Å²) in [5.41, 5.74) is 9.21. The van der Waals surface area contributed by atoms with Gasteiger partial charge in [0, 0.05) is 37.1 Å². The highest BCUT2D eigenvalue weighted by Crippen LogP contribution is 2.25. The Morgan fingerprint density at radius 2 is 2.07 bits per heavy atom. The second-order valence-corrected chi connectivity index (χ2v) is 6.74. The molecule has 2 aromatic rings. The maximum atomic E-state index is 13.1. The van der Waals surface area contributed by atoms with Crippen LogP contribution in [0.5, 0.6) is 0 Å². The lowest BCUT2D eigenvalue weighted by molar-refractivity contribution is -0.124. The molecule has 2 amide bonds. The number of nitrogens with one attached hydrogen (secondary N) is 2. The molecule has 27 heavy (non-hydrogen) atoms. The molecule has 2 heterocycles. The van der Waals surface area contributed by atoms with E-state index in [9.17, 15) is 9.59 Å². The van der Waals surface area contributed by atoms with Gasteiger partial charge in [-0.25, -0.2) is 0 Å². The van der Waals surface area contributed by atoms with Crippen molar-refractivity contribution in [3.63, 3.8) is 0 Å². The van der Waals surface area contributed by atoms with Crippen LogP contribution in [-0.2, 0) is 11.3 Å². The summed E-state index contributed by atoms with van der Waals surface area (Å²) in [6.07, 6.45) is 2.22. The van der Waals surface area contributed by atoms with Crippen molar-refractivity contribution in [3.8, 4) is 0 Å². The maximum Gasteiger partial charge on any atom is 0.254 e. The number of hydrogen-bond donors (Lipinski definition) is 3. The molecule has 1 aliphatic heterocycles. The molecule has 1 aliphatic rings. The number of rotatable bonds is 5. The second kappa shape index (κ2) is 8.18. The van der Waals surface area contributed by atoms with E-state index in [0.29, 0.717) is 25.1 Å². The number of benzene rings is 1. The molecule has 7 heteroatoms. The molecule has 1 aromatic heterocycles. The van der Waals surface area contributed by atoms with Gasteiger partial charge in [0.1, 0.15) is 6.04 Å². The zero-order chi connectivity index (χ0) is 19.4. The van der Waals surface area contributed by atoms with Gasteiger partial charge in [0.05, 0.1) is 12.2 Å². The van der Waals surface area contributed by atoms with E-state index < -0.39 is 6.04 Å². The van der Waals surface area contributed by atoms with E-state index in [0.717, 1.165) is 16.9 Å². The molecule has 0 saturated carbocycles. The number of carbonyl (C=O) groups excluding carboxylic acids is 2. The van der Waals surface area contributed by atoms with Gasteiger partial charge in [-0.1, -0.05) is 12.1 Å². The van der Waals surface area contributed by atoms with Gasteiger partial charge in [-0.2, -0.15) is 0 Å². The lowest BCUT2D eigenvalue weighted by Gasteiger charge is -2.24. The Kier molecular flexibility index (Phi) is 5.71. The number of nitrogens with zero attached hydrogens (tertiary/aromatic N) is 2. The van der Waals surface area contributed by atoms with Crippen LogP contribution >= 0.6 is 0 Å². The highest BCUT2D eigenvalue weighted by atomic mass is 16.2. The Morgan fingerprint density at radius 1 is 1.26 bits per heavy atom. The van der Waals surface area contributed by atoms with E-state index in [2.05, 4.69) is 15.6 Å². The number of amides is 2. The summed E-state index contributed by atoms with van der Waals surface area (Å²) >= 11 is 0. The molecule has 7 nitrogen and oxygen atoms in total. The van der Waals surface area contributed by atoms with E-state index >= 15 is 0 Å². The Labute approximate surface area is 159 Å². The van der Waals surface area contributed by atoms with Crippen LogP contribution in [-0.4, -0.2) is 47.4 Å². The SMILES string of the molecule is CNC(=O)[C@@H]1C[C@H](N)CN1C(=O)c1cccc(NCc2ccccn2)c1C. The minimum Gasteiger partial charge on any atom is -0.379 e. The number of carbonyl (C=O) groups is 2. The van der Waals surface area contributed by atoms with E-state index in [1.807, 2.05) is 37.3 Å². The van der Waals surface area contributed by atoms with Crippen molar-refractivity contribution in [1.82, 2.24) is 15.2 Å². The lowest BCUT2D eigenvalue weighted by Crippen LogP contribution is -2.45. The summed E-state index contributed by atoms with van der Waals surface area (Å²) in [6, 6.07) is 10.6. The molecule has 1 fully saturated rings. The van der Waals surface area contributed by atoms with Crippen LogP contribution in [0.4, 0.5) is 5.69 Å². The van der Waals surface area contributed by atoms with Crippen molar-refractivity contribution in [3.05, 3.63) is 59.4 Å². The smallest absolute Gasteiger partial charge is 0.254 e. The average Bonchev–Trinajstić information content (AvgIpc) is 3.08. The number of nitrogens with two attached hydrogens (primary N) is 1. The predicted molar refractivity (Wildman–Crippen MR) is 104 cm³/mol. The van der Waals surface area contributed by atoms with Crippen molar-refractivity contribution >= 4 is 17.5 Å². The second-order valence-electron chi connectivity index (χ2n) is 6.74. The Balaban J connectivity index is 1.80. The first kappa shape index (κ1) is 18.8. The molecule has 0 bridgehead atoms. The standard InChI is InChI=1S/C20H25N5O2/c1-13-16(20(27)25-12-14(21)10-18(25)19(26)22-2)7-5-8-17(13)24-11-15-6-3-4-9-23-15/h3-9,14,18,24H,10-12,21H2,1-2H3,(H,22,26)/t14-,18-/m0/s1. The van der Waals surface area contributed by atoms with Crippen LogP contribution < -0.4 is 16.4 Å². The highest BCUT2D eigenvalue weighted by Gasteiger charge is 2.38. The molecular formula is C20H25N5O2. The fourth-order valence-corrected chi connectivity index (χ4v) is 3.41. The summed E-state index contributed by atoms with van der Waals surface area (Å²) in [7, 11) is 1.57. The van der Waals surface area contributed by atoms with E-state index in [1.165, 1.54) is 0 Å². The van der Waals surface area contributed by atoms with Crippen molar-refractivity contribution in [2.45, 2.75) is 32.0 Å². The monoisotopic (exact) mass is 367 g/mol. The molecule has 0 radical (unpaired) electrons. The molecule has 0 unspecified atom stereocenters. The molecule has 142 valence electrons. The number of likely N-dealkylation sites (N-methyl/N-ethyl adjacent to an activating group) is 1. The lowest BCUT2D eigenvalue weighted by atomic mass is 10.0. The largest absolute Gasteiger partial charge is 0.379 e. The molecule has 1 saturated heterocycles. The number of likely N-dealkylation sites (tertiary alicyclic amines) is 1. The number of pyridine rings is 1. The van der Waals surface area contributed by atoms with Crippen molar-refractivity contribution in [1.29, 1.82) is 0 Å². The summed E-state index contributed by atoms with van der Waals surface area (Å²) in [5, 5.41) is 5.95. The van der Waals surface area contributed by atoms with Gasteiger partial charge in [-0.15, -0.1) is 0 Å². The van der Waals surface area contributed by atoms with Gasteiger partial charge >= 0.3 is 0 Å². The van der Waals surface area contributed by atoms with Crippen LogP contribution in [0.25, 0.3) is 0 Å². The fraction of sp³-hybridized carbons (Fsp3) is 0.350. The molecule has 4 N–H and O–H groups in total. The summed E-state index contributed by atoms with van der Waals surface area (Å²) in [4.78, 5) is 31.1. The van der Waals surface area contributed by atoms with E-state index in [1.54, 1.807) is 24.2 Å². The number of anilines is 1. The molecule has 1 aromatic carbocycles. The third-order valence-electron chi connectivity index (χ3n) is 4.89. The quantitative estimate of drug-likeness (QED) is 0.739. The summed E-state index contributed by atoms with van der Waals surface area (Å²) < 4.78 is 0. The van der Waals surface area contributed by atoms with E-state index in [4.69, 9.17) is 5.73 Å². The Bertz CT molecular complexity index is 824. The third kappa shape index (κ3) is 4.09. The van der Waals surface area contributed by atoms with Gasteiger partial charge in [0.15, 0.2) is 0 Å². The van der Waals surface area contributed by atoms with Crippen molar-refractivity contribution in [2.75, 3.05) is 18.9 Å². The zero-order valence-corrected chi connectivity index (χ0v) is 15.6. The third-order valence-corrected chi connectivity index (χ3v) is 4.89. The highest BCUT2D eigenvalue weighted by molar-refractivity contribution is 6.00. The zero-order valence-electron chi connectivity index (χ0n) is 15.6. The van der Waals surface area contributed by atoms with E-state index in [-0.39, 0.29) is 17.9 Å². The Morgan fingerprint density at radius 3 is 2.78 bits per heavy atom. The van der Waals surface area contributed by atoms with Crippen molar-refractivity contribution in [2.24, 2.45) is 5.73 Å². The first-order valence-corrected chi connectivity index (χ1v) is 9.02. The maximum absolute atomic E-state index is 13.1. The first-order chi connectivity index (χ1) is 13.0. The minimum absolute atomic E-state index is 0.171. The van der Waals surface area contributed by atoms with Crippen LogP contribution in [0.2, 0.25) is 0 Å². The van der Waals surface area contributed by atoms with Gasteiger partial charge < -0.3 is 21.3 Å². The average molecular weight is 367 g/mol. The number of aromatic nitrogens is 1. The molecule has 0 spiro atoms. The van der Waals surface area contributed by atoms with Gasteiger partial charge in [0.25, 0.3) is 5.91 Å². The summed E-state index contributed by atoms with van der Waals surface area (Å²) in [5.74, 6) is -0.353. The fourth-order valence-electron chi connectivity index (χ4n) is 3.41. The molecular weight excluding hydrogens is 342 g/mol. The van der Waals surface area contributed by atoms with Gasteiger partial charge in [-0.05, 0) is 43.2 Å².